The van der Waals surface area contributed by atoms with E-state index in [-0.39, 0.29) is 11.8 Å². The molecule has 1 aliphatic rings. The van der Waals surface area contributed by atoms with Crippen LogP contribution >= 0.6 is 0 Å². The molecular weight excluding hydrogens is 416 g/mol. The van der Waals surface area contributed by atoms with Gasteiger partial charge in [-0.05, 0) is 55.7 Å². The van der Waals surface area contributed by atoms with Crippen molar-refractivity contribution in [1.82, 2.24) is 19.6 Å². The number of nitrogens with zero attached hydrogens (tertiary/aromatic N) is 4. The Morgan fingerprint density at radius 1 is 1.18 bits per heavy atom. The lowest BCUT2D eigenvalue weighted by Crippen LogP contribution is -2.40. The summed E-state index contributed by atoms with van der Waals surface area (Å²) in [6.45, 7) is 4.46. The van der Waals surface area contributed by atoms with Gasteiger partial charge in [-0.25, -0.2) is 4.98 Å². The lowest BCUT2D eigenvalue weighted by molar-refractivity contribution is 0.0693. The largest absolute Gasteiger partial charge is 0.497 e. The third-order valence-corrected chi connectivity index (χ3v) is 6.31. The van der Waals surface area contributed by atoms with Crippen LogP contribution in [-0.2, 0) is 6.54 Å². The predicted octanol–water partition coefficient (Wildman–Crippen LogP) is 5.13. The molecule has 2 aromatic carbocycles. The third kappa shape index (κ3) is 4.11. The molecule has 0 radical (unpaired) electrons. The first-order chi connectivity index (χ1) is 16.2. The molecule has 7 nitrogen and oxygen atoms in total. The summed E-state index contributed by atoms with van der Waals surface area (Å²) in [7, 11) is 1.63. The van der Waals surface area contributed by atoms with Gasteiger partial charge in [-0.3, -0.25) is 4.79 Å². The van der Waals surface area contributed by atoms with Crippen LogP contribution in [0.1, 0.15) is 48.4 Å². The molecule has 3 heterocycles. The minimum atomic E-state index is -0.0960. The van der Waals surface area contributed by atoms with Crippen LogP contribution in [0, 0.1) is 0 Å². The van der Waals surface area contributed by atoms with E-state index >= 15 is 0 Å². The Labute approximate surface area is 193 Å². The van der Waals surface area contributed by atoms with E-state index in [9.17, 15) is 4.79 Å². The summed E-state index contributed by atoms with van der Waals surface area (Å²) in [5, 5.41) is 4.07. The maximum absolute atomic E-state index is 13.3. The van der Waals surface area contributed by atoms with Gasteiger partial charge >= 0.3 is 0 Å². The summed E-state index contributed by atoms with van der Waals surface area (Å²) in [6.07, 6.45) is 3.00. The quantitative estimate of drug-likeness (QED) is 0.412. The Kier molecular flexibility index (Phi) is 5.86. The summed E-state index contributed by atoms with van der Waals surface area (Å²) >= 11 is 0. The van der Waals surface area contributed by atoms with Crippen LogP contribution in [0.3, 0.4) is 0 Å². The Bertz CT molecular complexity index is 1260. The average Bonchev–Trinajstić information content (AvgIpc) is 3.50. The summed E-state index contributed by atoms with van der Waals surface area (Å²) in [5.41, 5.74) is 3.37. The average molecular weight is 445 g/mol. The summed E-state index contributed by atoms with van der Waals surface area (Å²) in [5.74, 6) is 2.52. The van der Waals surface area contributed by atoms with Gasteiger partial charge in [-0.2, -0.15) is 0 Å². The lowest BCUT2D eigenvalue weighted by atomic mass is 9.96. The number of imidazole rings is 1. The lowest BCUT2D eigenvalue weighted by Gasteiger charge is -2.32. The Balaban J connectivity index is 1.36. The number of methoxy groups -OCH3 is 1. The molecule has 0 saturated carbocycles. The molecule has 1 aliphatic heterocycles. The number of hydrogen-bond acceptors (Lipinski definition) is 5. The topological polar surface area (TPSA) is 73.4 Å². The van der Waals surface area contributed by atoms with E-state index in [0.29, 0.717) is 24.5 Å². The number of ether oxygens (including phenoxy) is 1. The van der Waals surface area contributed by atoms with Gasteiger partial charge in [0.15, 0.2) is 11.5 Å². The summed E-state index contributed by atoms with van der Waals surface area (Å²) < 4.78 is 13.0. The zero-order chi connectivity index (χ0) is 22.8. The number of amides is 1. The zero-order valence-electron chi connectivity index (χ0n) is 19.0. The van der Waals surface area contributed by atoms with Crippen LogP contribution in [0.5, 0.6) is 5.75 Å². The SMILES string of the molecule is CCCn1c(C2CCCN(C(=O)c3cc(-c4ccc(OC)cc4)on3)C2)nc2ccccc21. The molecule has 0 N–H and O–H groups in total. The van der Waals surface area contributed by atoms with Gasteiger partial charge in [-0.1, -0.05) is 24.2 Å². The minimum absolute atomic E-state index is 0.0960. The van der Waals surface area contributed by atoms with Crippen molar-refractivity contribution >= 4 is 16.9 Å². The number of para-hydroxylation sites is 2. The first kappa shape index (κ1) is 21.2. The smallest absolute Gasteiger partial charge is 0.276 e. The van der Waals surface area contributed by atoms with E-state index in [2.05, 4.69) is 34.8 Å². The number of rotatable bonds is 6. The number of carbonyl (C=O) groups is 1. The van der Waals surface area contributed by atoms with Crippen molar-refractivity contribution in [2.75, 3.05) is 20.2 Å². The van der Waals surface area contributed by atoms with Gasteiger partial charge in [0, 0.05) is 37.2 Å². The molecule has 5 rings (SSSR count). The molecule has 1 fully saturated rings. The minimum Gasteiger partial charge on any atom is -0.497 e. The number of carbonyl (C=O) groups excluding carboxylic acids is 1. The van der Waals surface area contributed by atoms with Crippen LogP contribution in [0.25, 0.3) is 22.4 Å². The molecule has 33 heavy (non-hydrogen) atoms. The fourth-order valence-corrected chi connectivity index (χ4v) is 4.67. The second-order valence-electron chi connectivity index (χ2n) is 8.51. The number of aromatic nitrogens is 3. The first-order valence-electron chi connectivity index (χ1n) is 11.5. The molecule has 4 aromatic rings. The molecule has 170 valence electrons. The molecule has 1 saturated heterocycles. The molecule has 1 unspecified atom stereocenters. The van der Waals surface area contributed by atoms with Gasteiger partial charge in [0.25, 0.3) is 5.91 Å². The highest BCUT2D eigenvalue weighted by molar-refractivity contribution is 5.93. The van der Waals surface area contributed by atoms with Gasteiger partial charge in [0.2, 0.25) is 0 Å². The van der Waals surface area contributed by atoms with E-state index < -0.39 is 0 Å². The van der Waals surface area contributed by atoms with E-state index in [4.69, 9.17) is 14.2 Å². The number of fused-ring (bicyclic) bond motifs is 1. The first-order valence-corrected chi connectivity index (χ1v) is 11.5. The highest BCUT2D eigenvalue weighted by Gasteiger charge is 2.30. The normalized spacial score (nSPS) is 16.3. The number of aryl methyl sites for hydroxylation is 1. The number of benzene rings is 2. The van der Waals surface area contributed by atoms with E-state index in [1.54, 1.807) is 13.2 Å². The molecule has 1 atom stereocenters. The van der Waals surface area contributed by atoms with Crippen molar-refractivity contribution in [3.63, 3.8) is 0 Å². The fourth-order valence-electron chi connectivity index (χ4n) is 4.67. The van der Waals surface area contributed by atoms with Crippen LogP contribution in [-0.4, -0.2) is 45.7 Å². The highest BCUT2D eigenvalue weighted by Crippen LogP contribution is 2.31. The summed E-state index contributed by atoms with van der Waals surface area (Å²) in [6, 6.07) is 17.5. The third-order valence-electron chi connectivity index (χ3n) is 6.31. The van der Waals surface area contributed by atoms with E-state index in [1.165, 1.54) is 5.52 Å². The Morgan fingerprint density at radius 2 is 2.00 bits per heavy atom. The molecule has 0 spiro atoms. The van der Waals surface area contributed by atoms with Crippen LogP contribution < -0.4 is 4.74 Å². The van der Waals surface area contributed by atoms with Crippen molar-refractivity contribution < 1.29 is 14.1 Å². The number of likely N-dealkylation sites (tertiary alicyclic amines) is 1. The fraction of sp³-hybridized carbons (Fsp3) is 0.346. The number of piperidine rings is 1. The van der Waals surface area contributed by atoms with Crippen LogP contribution in [0.4, 0.5) is 0 Å². The number of hydrogen-bond donors (Lipinski definition) is 0. The maximum atomic E-state index is 13.3. The molecular formula is C26H28N4O3. The van der Waals surface area contributed by atoms with Crippen LogP contribution in [0.15, 0.2) is 59.1 Å². The van der Waals surface area contributed by atoms with Gasteiger partial charge in [0.05, 0.1) is 18.1 Å². The second-order valence-corrected chi connectivity index (χ2v) is 8.51. The van der Waals surface area contributed by atoms with Gasteiger partial charge < -0.3 is 18.7 Å². The molecule has 1 amide bonds. The predicted molar refractivity (Wildman–Crippen MR) is 126 cm³/mol. The maximum Gasteiger partial charge on any atom is 0.276 e. The van der Waals surface area contributed by atoms with E-state index in [1.807, 2.05) is 35.2 Å². The highest BCUT2D eigenvalue weighted by atomic mass is 16.5. The van der Waals surface area contributed by atoms with E-state index in [0.717, 1.165) is 48.5 Å². The zero-order valence-corrected chi connectivity index (χ0v) is 19.0. The molecule has 0 bridgehead atoms. The Hall–Kier alpha value is -3.61. The molecule has 2 aromatic heterocycles. The monoisotopic (exact) mass is 444 g/mol. The van der Waals surface area contributed by atoms with Gasteiger partial charge in [-0.15, -0.1) is 0 Å². The molecule has 7 heteroatoms. The van der Waals surface area contributed by atoms with Gasteiger partial charge in [0.1, 0.15) is 11.6 Å². The second kappa shape index (κ2) is 9.10. The molecule has 0 aliphatic carbocycles. The van der Waals surface area contributed by atoms with Crippen molar-refractivity contribution in [2.45, 2.75) is 38.6 Å². The van der Waals surface area contributed by atoms with Crippen molar-refractivity contribution in [3.8, 4) is 17.1 Å². The standard InChI is InChI=1S/C26H28N4O3/c1-3-14-30-23-9-5-4-8-21(23)27-25(30)19-7-6-15-29(17-19)26(31)22-16-24(33-28-22)18-10-12-20(32-2)13-11-18/h4-5,8-13,16,19H,3,6-7,14-15,17H2,1-2H3. The van der Waals surface area contributed by atoms with Crippen molar-refractivity contribution in [3.05, 3.63) is 66.1 Å². The van der Waals surface area contributed by atoms with Crippen molar-refractivity contribution in [1.29, 1.82) is 0 Å². The summed E-state index contributed by atoms with van der Waals surface area (Å²) in [4.78, 5) is 20.1. The Morgan fingerprint density at radius 3 is 2.79 bits per heavy atom. The van der Waals surface area contributed by atoms with Crippen molar-refractivity contribution in [2.24, 2.45) is 0 Å². The van der Waals surface area contributed by atoms with Crippen LogP contribution in [0.2, 0.25) is 0 Å².